The van der Waals surface area contributed by atoms with Crippen LogP contribution in [-0.2, 0) is 20.9 Å². The summed E-state index contributed by atoms with van der Waals surface area (Å²) in [5.74, 6) is 0.0361. The molecule has 2 aromatic carbocycles. The summed E-state index contributed by atoms with van der Waals surface area (Å²) < 4.78 is 10.6. The number of carbonyl (C=O) groups excluding carboxylic acids is 2. The van der Waals surface area contributed by atoms with Crippen molar-refractivity contribution in [2.75, 3.05) is 13.2 Å². The van der Waals surface area contributed by atoms with Crippen LogP contribution in [0, 0.1) is 13.8 Å². The molecule has 0 aromatic heterocycles. The van der Waals surface area contributed by atoms with Crippen molar-refractivity contribution in [3.63, 3.8) is 0 Å². The van der Waals surface area contributed by atoms with Gasteiger partial charge in [0.25, 0.3) is 5.91 Å². The molecule has 2 rings (SSSR count). The summed E-state index contributed by atoms with van der Waals surface area (Å²) in [7, 11) is 0. The van der Waals surface area contributed by atoms with Gasteiger partial charge in [0.05, 0.1) is 0 Å². The van der Waals surface area contributed by atoms with Crippen LogP contribution in [0.5, 0.6) is 5.75 Å². The fourth-order valence-electron chi connectivity index (χ4n) is 2.53. The smallest absolute Gasteiger partial charge is 0.344 e. The molecule has 2 aromatic rings. The van der Waals surface area contributed by atoms with E-state index in [0.29, 0.717) is 12.3 Å². The van der Waals surface area contributed by atoms with Crippen molar-refractivity contribution < 1.29 is 19.1 Å². The third-order valence-electron chi connectivity index (χ3n) is 4.11. The fourth-order valence-corrected chi connectivity index (χ4v) is 2.53. The van der Waals surface area contributed by atoms with Gasteiger partial charge in [0.2, 0.25) is 0 Å². The van der Waals surface area contributed by atoms with Crippen molar-refractivity contribution in [3.8, 4) is 5.75 Å². The molecular formula is C22H27NO4. The van der Waals surface area contributed by atoms with E-state index in [-0.39, 0.29) is 25.0 Å². The van der Waals surface area contributed by atoms with E-state index in [1.807, 2.05) is 56.3 Å². The summed E-state index contributed by atoms with van der Waals surface area (Å²) in [6, 6.07) is 13.8. The summed E-state index contributed by atoms with van der Waals surface area (Å²) in [6.07, 6.45) is 0. The number of ether oxygens (including phenoxy) is 2. The number of carbonyl (C=O) groups is 2. The monoisotopic (exact) mass is 369 g/mol. The predicted molar refractivity (Wildman–Crippen MR) is 105 cm³/mol. The summed E-state index contributed by atoms with van der Waals surface area (Å²) in [4.78, 5) is 23.7. The summed E-state index contributed by atoms with van der Waals surface area (Å²) in [5.41, 5.74) is 4.24. The maximum absolute atomic E-state index is 11.9. The Morgan fingerprint density at radius 1 is 0.963 bits per heavy atom. The van der Waals surface area contributed by atoms with Gasteiger partial charge in [-0.05, 0) is 42.5 Å². The fraction of sp³-hybridized carbons (Fsp3) is 0.364. The molecule has 27 heavy (non-hydrogen) atoms. The zero-order valence-corrected chi connectivity index (χ0v) is 16.4. The lowest BCUT2D eigenvalue weighted by atomic mass is 10.0. The molecule has 0 atom stereocenters. The van der Waals surface area contributed by atoms with Gasteiger partial charge < -0.3 is 14.8 Å². The molecule has 0 spiro atoms. The molecule has 0 aliphatic heterocycles. The van der Waals surface area contributed by atoms with Crippen LogP contribution in [0.25, 0.3) is 0 Å². The minimum Gasteiger partial charge on any atom is -0.482 e. The molecule has 0 bridgehead atoms. The highest BCUT2D eigenvalue weighted by atomic mass is 16.6. The Labute approximate surface area is 160 Å². The molecule has 5 heteroatoms. The standard InChI is InChI=1S/C22H27NO4/c1-15(2)19-10-7-17(4)11-20(19)26-14-22(25)27-13-21(24)23-12-18-8-5-16(3)6-9-18/h5-11,15H,12-14H2,1-4H3,(H,23,24). The maximum atomic E-state index is 11.9. The van der Waals surface area contributed by atoms with Crippen molar-refractivity contribution >= 4 is 11.9 Å². The minimum atomic E-state index is -0.573. The first kappa shape index (κ1) is 20.5. The van der Waals surface area contributed by atoms with Crippen molar-refractivity contribution in [1.29, 1.82) is 0 Å². The SMILES string of the molecule is Cc1ccc(CNC(=O)COC(=O)COc2cc(C)ccc2C(C)C)cc1. The Kier molecular flexibility index (Phi) is 7.41. The summed E-state index contributed by atoms with van der Waals surface area (Å²) in [6.45, 7) is 7.95. The Bertz CT molecular complexity index is 781. The molecule has 144 valence electrons. The Hall–Kier alpha value is -2.82. The Morgan fingerprint density at radius 3 is 2.30 bits per heavy atom. The highest BCUT2D eigenvalue weighted by molar-refractivity contribution is 5.80. The van der Waals surface area contributed by atoms with Crippen LogP contribution in [0.2, 0.25) is 0 Å². The number of amides is 1. The van der Waals surface area contributed by atoms with E-state index in [9.17, 15) is 9.59 Å². The average Bonchev–Trinajstić information content (AvgIpc) is 2.64. The highest BCUT2D eigenvalue weighted by Crippen LogP contribution is 2.27. The van der Waals surface area contributed by atoms with Crippen molar-refractivity contribution in [2.45, 2.75) is 40.2 Å². The van der Waals surface area contributed by atoms with Gasteiger partial charge in [-0.25, -0.2) is 4.79 Å². The van der Waals surface area contributed by atoms with Crippen LogP contribution in [0.1, 0.15) is 42.0 Å². The molecule has 0 unspecified atom stereocenters. The van der Waals surface area contributed by atoms with Gasteiger partial charge in [0, 0.05) is 6.54 Å². The van der Waals surface area contributed by atoms with Crippen LogP contribution in [-0.4, -0.2) is 25.1 Å². The molecule has 1 N–H and O–H groups in total. The molecule has 0 saturated carbocycles. The second kappa shape index (κ2) is 9.76. The molecule has 5 nitrogen and oxygen atoms in total. The van der Waals surface area contributed by atoms with E-state index >= 15 is 0 Å². The first-order valence-corrected chi connectivity index (χ1v) is 9.06. The quantitative estimate of drug-likeness (QED) is 0.721. The molecule has 0 fully saturated rings. The van der Waals surface area contributed by atoms with Crippen molar-refractivity contribution in [3.05, 3.63) is 64.7 Å². The normalized spacial score (nSPS) is 10.6. The third-order valence-corrected chi connectivity index (χ3v) is 4.11. The van der Waals surface area contributed by atoms with Crippen LogP contribution < -0.4 is 10.1 Å². The van der Waals surface area contributed by atoms with Gasteiger partial charge >= 0.3 is 5.97 Å². The minimum absolute atomic E-state index is 0.228. The molecule has 0 saturated heterocycles. The predicted octanol–water partition coefficient (Wildman–Crippen LogP) is 3.67. The van der Waals surface area contributed by atoms with Gasteiger partial charge in [0.15, 0.2) is 13.2 Å². The molecule has 1 amide bonds. The van der Waals surface area contributed by atoms with Crippen molar-refractivity contribution in [1.82, 2.24) is 5.32 Å². The Morgan fingerprint density at radius 2 is 1.63 bits per heavy atom. The van der Waals surface area contributed by atoms with Crippen molar-refractivity contribution in [2.24, 2.45) is 0 Å². The van der Waals surface area contributed by atoms with Crippen LogP contribution in [0.4, 0.5) is 0 Å². The lowest BCUT2D eigenvalue weighted by Gasteiger charge is -2.14. The molecule has 0 heterocycles. The molecule has 0 aliphatic rings. The van der Waals surface area contributed by atoms with E-state index < -0.39 is 5.97 Å². The number of esters is 1. The van der Waals surface area contributed by atoms with E-state index in [4.69, 9.17) is 9.47 Å². The number of rotatable bonds is 8. The largest absolute Gasteiger partial charge is 0.482 e. The number of hydrogen-bond acceptors (Lipinski definition) is 4. The highest BCUT2D eigenvalue weighted by Gasteiger charge is 2.12. The topological polar surface area (TPSA) is 64.6 Å². The lowest BCUT2D eigenvalue weighted by molar-refractivity contribution is -0.150. The number of benzene rings is 2. The van der Waals surface area contributed by atoms with Gasteiger partial charge in [-0.1, -0.05) is 55.8 Å². The second-order valence-electron chi connectivity index (χ2n) is 6.91. The molecule has 0 aliphatic carbocycles. The Balaban J connectivity index is 1.75. The van der Waals surface area contributed by atoms with Gasteiger partial charge in [-0.15, -0.1) is 0 Å². The van der Waals surface area contributed by atoms with E-state index in [0.717, 1.165) is 22.3 Å². The summed E-state index contributed by atoms with van der Waals surface area (Å²) >= 11 is 0. The zero-order chi connectivity index (χ0) is 19.8. The second-order valence-corrected chi connectivity index (χ2v) is 6.91. The van der Waals surface area contributed by atoms with E-state index in [2.05, 4.69) is 19.2 Å². The maximum Gasteiger partial charge on any atom is 0.344 e. The first-order valence-electron chi connectivity index (χ1n) is 9.06. The van der Waals surface area contributed by atoms with Crippen LogP contribution >= 0.6 is 0 Å². The number of aryl methyl sites for hydroxylation is 2. The zero-order valence-electron chi connectivity index (χ0n) is 16.4. The van der Waals surface area contributed by atoms with Crippen LogP contribution in [0.15, 0.2) is 42.5 Å². The number of hydrogen-bond donors (Lipinski definition) is 1. The van der Waals surface area contributed by atoms with Gasteiger partial charge in [0.1, 0.15) is 5.75 Å². The first-order chi connectivity index (χ1) is 12.8. The summed E-state index contributed by atoms with van der Waals surface area (Å²) in [5, 5.41) is 2.72. The average molecular weight is 369 g/mol. The lowest BCUT2D eigenvalue weighted by Crippen LogP contribution is -2.29. The molecular weight excluding hydrogens is 342 g/mol. The number of nitrogens with one attached hydrogen (secondary N) is 1. The van der Waals surface area contributed by atoms with Gasteiger partial charge in [-0.3, -0.25) is 4.79 Å². The van der Waals surface area contributed by atoms with Gasteiger partial charge in [-0.2, -0.15) is 0 Å². The van der Waals surface area contributed by atoms with E-state index in [1.54, 1.807) is 0 Å². The third kappa shape index (κ3) is 6.77. The van der Waals surface area contributed by atoms with E-state index in [1.165, 1.54) is 0 Å². The molecule has 0 radical (unpaired) electrons. The van der Waals surface area contributed by atoms with Crippen LogP contribution in [0.3, 0.4) is 0 Å².